The van der Waals surface area contributed by atoms with Crippen LogP contribution in [0.5, 0.6) is 17.2 Å². The Bertz CT molecular complexity index is 842. The summed E-state index contributed by atoms with van der Waals surface area (Å²) in [6, 6.07) is 7.11. The lowest BCUT2D eigenvalue weighted by Gasteiger charge is -2.25. The van der Waals surface area contributed by atoms with Crippen molar-refractivity contribution in [3.63, 3.8) is 0 Å². The maximum atomic E-state index is 9.94. The second-order valence-electron chi connectivity index (χ2n) is 5.76. The normalized spacial score (nSPS) is 11.0. The van der Waals surface area contributed by atoms with E-state index in [9.17, 15) is 15.3 Å². The molecule has 0 radical (unpaired) electrons. The minimum atomic E-state index is -0.504. The summed E-state index contributed by atoms with van der Waals surface area (Å²) in [5.74, 6) is -1.19. The molecule has 0 aliphatic carbocycles. The Kier molecular flexibility index (Phi) is 4.19. The highest BCUT2D eigenvalue weighted by molar-refractivity contribution is 7.13. The number of nitrogens with zero attached hydrogens (tertiary/aromatic N) is 1. The Morgan fingerprint density at radius 3 is 1.46 bits per heavy atom. The van der Waals surface area contributed by atoms with Crippen molar-refractivity contribution in [2.75, 3.05) is 4.90 Å². The number of hydrogen-bond donors (Lipinski definition) is 3. The summed E-state index contributed by atoms with van der Waals surface area (Å²) in [5.41, 5.74) is 2.61. The van der Waals surface area contributed by atoms with E-state index in [1.165, 1.54) is 21.9 Å². The van der Waals surface area contributed by atoms with E-state index in [4.69, 9.17) is 0 Å². The standard InChI is InChI=1S/C18H19NO3S2/c1-9-5-14(11(3)23-9)19(15-6-10(2)24-12(15)4)13-7-16(20)18(22)17(21)8-13/h5-8,20-22H,1-4H3. The molecule has 0 unspecified atom stereocenters. The van der Waals surface area contributed by atoms with Crippen LogP contribution in [0.1, 0.15) is 19.5 Å². The van der Waals surface area contributed by atoms with Crippen molar-refractivity contribution in [3.8, 4) is 17.2 Å². The molecule has 3 aromatic rings. The number of phenols is 3. The van der Waals surface area contributed by atoms with Gasteiger partial charge in [-0.3, -0.25) is 0 Å². The van der Waals surface area contributed by atoms with Crippen LogP contribution in [-0.4, -0.2) is 15.3 Å². The molecular formula is C18H19NO3S2. The molecule has 0 fully saturated rings. The van der Waals surface area contributed by atoms with Crippen molar-refractivity contribution in [3.05, 3.63) is 43.8 Å². The second-order valence-corrected chi connectivity index (χ2v) is 8.69. The highest BCUT2D eigenvalue weighted by atomic mass is 32.1. The van der Waals surface area contributed by atoms with Gasteiger partial charge in [-0.05, 0) is 39.8 Å². The fourth-order valence-electron chi connectivity index (χ4n) is 2.81. The van der Waals surface area contributed by atoms with Gasteiger partial charge in [0.05, 0.1) is 17.1 Å². The highest BCUT2D eigenvalue weighted by Crippen LogP contribution is 2.47. The SMILES string of the molecule is Cc1cc(N(c2cc(O)c(O)c(O)c2)c2cc(C)sc2C)c(C)s1. The molecule has 0 saturated carbocycles. The third-order valence-corrected chi connectivity index (χ3v) is 5.73. The van der Waals surface area contributed by atoms with Crippen LogP contribution in [0, 0.1) is 27.7 Å². The predicted molar refractivity (Wildman–Crippen MR) is 101 cm³/mol. The lowest BCUT2D eigenvalue weighted by atomic mass is 10.2. The second kappa shape index (κ2) is 6.03. The first kappa shape index (κ1) is 16.7. The molecule has 4 nitrogen and oxygen atoms in total. The maximum absolute atomic E-state index is 9.94. The van der Waals surface area contributed by atoms with Crippen LogP contribution >= 0.6 is 22.7 Å². The summed E-state index contributed by atoms with van der Waals surface area (Å²) < 4.78 is 0. The number of thiophene rings is 2. The maximum Gasteiger partial charge on any atom is 0.200 e. The molecular weight excluding hydrogens is 342 g/mol. The Morgan fingerprint density at radius 2 is 1.12 bits per heavy atom. The fourth-order valence-corrected chi connectivity index (χ4v) is 4.62. The van der Waals surface area contributed by atoms with Crippen LogP contribution < -0.4 is 4.90 Å². The topological polar surface area (TPSA) is 63.9 Å². The Hall–Kier alpha value is -2.18. The quantitative estimate of drug-likeness (QED) is 0.529. The van der Waals surface area contributed by atoms with Gasteiger partial charge in [0, 0.05) is 31.6 Å². The molecule has 6 heteroatoms. The van der Waals surface area contributed by atoms with Gasteiger partial charge in [0.1, 0.15) is 0 Å². The first-order valence-corrected chi connectivity index (χ1v) is 9.10. The van der Waals surface area contributed by atoms with Crippen molar-refractivity contribution >= 4 is 39.7 Å². The third kappa shape index (κ3) is 2.83. The van der Waals surface area contributed by atoms with Crippen LogP contribution in [0.2, 0.25) is 0 Å². The fraction of sp³-hybridized carbons (Fsp3) is 0.222. The summed E-state index contributed by atoms with van der Waals surface area (Å²) in [5, 5.41) is 29.5. The summed E-state index contributed by atoms with van der Waals surface area (Å²) in [7, 11) is 0. The molecule has 1 aromatic carbocycles. The van der Waals surface area contributed by atoms with Crippen molar-refractivity contribution in [2.24, 2.45) is 0 Å². The molecule has 0 aliphatic rings. The molecule has 3 N–H and O–H groups in total. The molecule has 2 aromatic heterocycles. The van der Waals surface area contributed by atoms with Crippen molar-refractivity contribution in [1.29, 1.82) is 0 Å². The van der Waals surface area contributed by atoms with E-state index in [1.54, 1.807) is 22.7 Å². The molecule has 0 aliphatic heterocycles. The monoisotopic (exact) mass is 361 g/mol. The zero-order valence-corrected chi connectivity index (χ0v) is 15.5. The molecule has 0 amide bonds. The summed E-state index contributed by atoms with van der Waals surface area (Å²) in [4.78, 5) is 6.66. The van der Waals surface area contributed by atoms with E-state index in [2.05, 4.69) is 39.8 Å². The molecule has 2 heterocycles. The van der Waals surface area contributed by atoms with E-state index in [1.807, 2.05) is 4.90 Å². The van der Waals surface area contributed by atoms with Gasteiger partial charge < -0.3 is 20.2 Å². The van der Waals surface area contributed by atoms with Crippen molar-refractivity contribution < 1.29 is 15.3 Å². The molecule has 0 saturated heterocycles. The largest absolute Gasteiger partial charge is 0.504 e. The molecule has 24 heavy (non-hydrogen) atoms. The van der Waals surface area contributed by atoms with Gasteiger partial charge >= 0.3 is 0 Å². The molecule has 3 rings (SSSR count). The zero-order valence-electron chi connectivity index (χ0n) is 13.9. The molecule has 0 bridgehead atoms. The average molecular weight is 361 g/mol. The Balaban J connectivity index is 2.27. The van der Waals surface area contributed by atoms with Crippen LogP contribution in [0.15, 0.2) is 24.3 Å². The Labute approximate surface area is 148 Å². The van der Waals surface area contributed by atoms with E-state index < -0.39 is 5.75 Å². The van der Waals surface area contributed by atoms with Gasteiger partial charge in [0.15, 0.2) is 17.2 Å². The molecule has 0 spiro atoms. The average Bonchev–Trinajstić information content (AvgIpc) is 2.99. The zero-order chi connectivity index (χ0) is 17.6. The van der Waals surface area contributed by atoms with Crippen LogP contribution in [0.3, 0.4) is 0 Å². The number of rotatable bonds is 3. The molecule has 0 atom stereocenters. The predicted octanol–water partition coefficient (Wildman–Crippen LogP) is 5.63. The first-order chi connectivity index (χ1) is 11.3. The molecule has 126 valence electrons. The third-order valence-electron chi connectivity index (χ3n) is 3.82. The smallest absolute Gasteiger partial charge is 0.200 e. The summed E-state index contributed by atoms with van der Waals surface area (Å²) >= 11 is 3.40. The van der Waals surface area contributed by atoms with Gasteiger partial charge in [-0.15, -0.1) is 22.7 Å². The number of aromatic hydroxyl groups is 3. The number of aryl methyl sites for hydroxylation is 4. The van der Waals surface area contributed by atoms with Gasteiger partial charge in [-0.25, -0.2) is 0 Å². The van der Waals surface area contributed by atoms with Crippen molar-refractivity contribution in [1.82, 2.24) is 0 Å². The van der Waals surface area contributed by atoms with Gasteiger partial charge in [-0.2, -0.15) is 0 Å². The minimum Gasteiger partial charge on any atom is -0.504 e. The van der Waals surface area contributed by atoms with E-state index in [0.717, 1.165) is 21.1 Å². The van der Waals surface area contributed by atoms with Crippen LogP contribution in [0.4, 0.5) is 17.1 Å². The minimum absolute atomic E-state index is 0.343. The first-order valence-electron chi connectivity index (χ1n) is 7.47. The van der Waals surface area contributed by atoms with Crippen molar-refractivity contribution in [2.45, 2.75) is 27.7 Å². The number of anilines is 3. The van der Waals surface area contributed by atoms with E-state index >= 15 is 0 Å². The van der Waals surface area contributed by atoms with Gasteiger partial charge in [0.2, 0.25) is 0 Å². The van der Waals surface area contributed by atoms with Crippen LogP contribution in [0.25, 0.3) is 0 Å². The lowest BCUT2D eigenvalue weighted by Crippen LogP contribution is -2.10. The van der Waals surface area contributed by atoms with Gasteiger partial charge in [-0.1, -0.05) is 0 Å². The number of phenolic OH excluding ortho intramolecular Hbond substituents is 3. The summed E-state index contributed by atoms with van der Waals surface area (Å²) in [6.07, 6.45) is 0. The summed E-state index contributed by atoms with van der Waals surface area (Å²) in [6.45, 7) is 8.21. The van der Waals surface area contributed by atoms with Gasteiger partial charge in [0.25, 0.3) is 0 Å². The number of benzene rings is 1. The van der Waals surface area contributed by atoms with E-state index in [-0.39, 0.29) is 11.5 Å². The highest BCUT2D eigenvalue weighted by Gasteiger charge is 2.22. The van der Waals surface area contributed by atoms with E-state index in [0.29, 0.717) is 5.69 Å². The van der Waals surface area contributed by atoms with Crippen LogP contribution in [-0.2, 0) is 0 Å². The number of hydrogen-bond acceptors (Lipinski definition) is 6. The Morgan fingerprint density at radius 1 is 0.708 bits per heavy atom. The lowest BCUT2D eigenvalue weighted by molar-refractivity contribution is 0.368.